The third-order valence-corrected chi connectivity index (χ3v) is 2.48. The summed E-state index contributed by atoms with van der Waals surface area (Å²) >= 11 is 0. The van der Waals surface area contributed by atoms with Crippen LogP contribution in [0.2, 0.25) is 0 Å². The number of urea groups is 1. The largest absolute Gasteiger partial charge is 0.330 e. The van der Waals surface area contributed by atoms with E-state index in [9.17, 15) is 14.4 Å². The lowest BCUT2D eigenvalue weighted by molar-refractivity contribution is -0.140. The summed E-state index contributed by atoms with van der Waals surface area (Å²) in [6.45, 7) is 5.41. The van der Waals surface area contributed by atoms with Crippen LogP contribution in [0.3, 0.4) is 0 Å². The highest BCUT2D eigenvalue weighted by atomic mass is 16.2. The van der Waals surface area contributed by atoms with Gasteiger partial charge in [0.1, 0.15) is 5.92 Å². The van der Waals surface area contributed by atoms with Crippen molar-refractivity contribution in [1.29, 1.82) is 0 Å². The fraction of sp³-hybridized carbons (Fsp3) is 0.500. The monoisotopic (exact) mass is 210 g/mol. The zero-order valence-electron chi connectivity index (χ0n) is 9.03. The molecule has 0 aliphatic carbocycles. The normalized spacial score (nSPS) is 23.1. The molecule has 1 aliphatic rings. The predicted octanol–water partition coefficient (Wildman–Crippen LogP) is 0.667. The van der Waals surface area contributed by atoms with Gasteiger partial charge in [-0.2, -0.15) is 0 Å². The summed E-state index contributed by atoms with van der Waals surface area (Å²) in [7, 11) is 0. The van der Waals surface area contributed by atoms with E-state index in [1.165, 1.54) is 0 Å². The Morgan fingerprint density at radius 1 is 1.47 bits per heavy atom. The van der Waals surface area contributed by atoms with Crippen molar-refractivity contribution in [2.45, 2.75) is 20.8 Å². The molecule has 0 spiro atoms. The smallest absolute Gasteiger partial charge is 0.277 e. The molecule has 5 heteroatoms. The number of allylic oxidation sites excluding steroid dienone is 1. The van der Waals surface area contributed by atoms with Crippen LogP contribution in [-0.4, -0.2) is 29.3 Å². The molecule has 0 bridgehead atoms. The SMILES string of the molecule is C/C=C(\C)C1C(=O)NC(=O)N(CC)C1=O. The van der Waals surface area contributed by atoms with Crippen LogP contribution in [0.4, 0.5) is 4.79 Å². The fourth-order valence-electron chi connectivity index (χ4n) is 1.48. The summed E-state index contributed by atoms with van der Waals surface area (Å²) in [4.78, 5) is 35.5. The molecule has 1 fully saturated rings. The third-order valence-electron chi connectivity index (χ3n) is 2.48. The highest BCUT2D eigenvalue weighted by molar-refractivity contribution is 6.17. The van der Waals surface area contributed by atoms with E-state index in [0.29, 0.717) is 5.57 Å². The maximum atomic E-state index is 11.8. The Kier molecular flexibility index (Phi) is 3.24. The zero-order chi connectivity index (χ0) is 11.6. The van der Waals surface area contributed by atoms with Crippen molar-refractivity contribution in [1.82, 2.24) is 10.2 Å². The van der Waals surface area contributed by atoms with Gasteiger partial charge in [-0.1, -0.05) is 11.6 Å². The van der Waals surface area contributed by atoms with Gasteiger partial charge in [0.2, 0.25) is 11.8 Å². The Hall–Kier alpha value is -1.65. The molecule has 0 saturated carbocycles. The number of barbiturate groups is 1. The van der Waals surface area contributed by atoms with Gasteiger partial charge in [-0.3, -0.25) is 19.8 Å². The van der Waals surface area contributed by atoms with Gasteiger partial charge in [-0.05, 0) is 20.8 Å². The van der Waals surface area contributed by atoms with E-state index in [1.54, 1.807) is 26.8 Å². The summed E-state index contributed by atoms with van der Waals surface area (Å²) in [6.07, 6.45) is 1.70. The number of hydrogen-bond acceptors (Lipinski definition) is 3. The highest BCUT2D eigenvalue weighted by Crippen LogP contribution is 2.18. The van der Waals surface area contributed by atoms with Crippen LogP contribution in [0.1, 0.15) is 20.8 Å². The summed E-state index contributed by atoms with van der Waals surface area (Å²) in [5, 5.41) is 2.16. The van der Waals surface area contributed by atoms with Crippen molar-refractivity contribution in [2.75, 3.05) is 6.54 Å². The topological polar surface area (TPSA) is 66.5 Å². The van der Waals surface area contributed by atoms with Gasteiger partial charge in [0, 0.05) is 6.54 Å². The van der Waals surface area contributed by atoms with E-state index >= 15 is 0 Å². The average Bonchev–Trinajstić information content (AvgIpc) is 2.17. The number of nitrogens with one attached hydrogen (secondary N) is 1. The van der Waals surface area contributed by atoms with E-state index < -0.39 is 23.8 Å². The number of amides is 4. The molecular weight excluding hydrogens is 196 g/mol. The minimum atomic E-state index is -0.854. The maximum Gasteiger partial charge on any atom is 0.330 e. The molecule has 1 heterocycles. The molecule has 1 unspecified atom stereocenters. The van der Waals surface area contributed by atoms with Crippen molar-refractivity contribution in [2.24, 2.45) is 5.92 Å². The molecular formula is C10H14N2O3. The second-order valence-corrected chi connectivity index (χ2v) is 3.34. The first-order valence-corrected chi connectivity index (χ1v) is 4.81. The van der Waals surface area contributed by atoms with E-state index in [1.807, 2.05) is 0 Å². The van der Waals surface area contributed by atoms with E-state index in [2.05, 4.69) is 5.32 Å². The van der Waals surface area contributed by atoms with Crippen LogP contribution in [-0.2, 0) is 9.59 Å². The minimum Gasteiger partial charge on any atom is -0.277 e. The molecule has 0 aromatic carbocycles. The molecule has 0 aromatic rings. The number of nitrogens with zero attached hydrogens (tertiary/aromatic N) is 1. The molecule has 1 rings (SSSR count). The quantitative estimate of drug-likeness (QED) is 0.538. The van der Waals surface area contributed by atoms with Gasteiger partial charge in [0.25, 0.3) is 0 Å². The van der Waals surface area contributed by atoms with Crippen molar-refractivity contribution in [3.63, 3.8) is 0 Å². The molecule has 1 atom stereocenters. The lowest BCUT2D eigenvalue weighted by Crippen LogP contribution is -2.57. The maximum absolute atomic E-state index is 11.8. The highest BCUT2D eigenvalue weighted by Gasteiger charge is 2.40. The van der Waals surface area contributed by atoms with Gasteiger partial charge in [-0.15, -0.1) is 0 Å². The van der Waals surface area contributed by atoms with Crippen molar-refractivity contribution >= 4 is 17.8 Å². The van der Waals surface area contributed by atoms with Gasteiger partial charge in [-0.25, -0.2) is 4.79 Å². The van der Waals surface area contributed by atoms with Crippen LogP contribution in [0.5, 0.6) is 0 Å². The number of imide groups is 2. The van der Waals surface area contributed by atoms with E-state index in [-0.39, 0.29) is 6.54 Å². The molecule has 0 aromatic heterocycles. The number of hydrogen-bond donors (Lipinski definition) is 1. The molecule has 1 saturated heterocycles. The van der Waals surface area contributed by atoms with Crippen LogP contribution >= 0.6 is 0 Å². The Morgan fingerprint density at radius 3 is 2.53 bits per heavy atom. The van der Waals surface area contributed by atoms with Crippen molar-refractivity contribution in [3.05, 3.63) is 11.6 Å². The summed E-state index contributed by atoms with van der Waals surface area (Å²) in [5.74, 6) is -1.83. The number of carbonyl (C=O) groups is 3. The number of carbonyl (C=O) groups excluding carboxylic acids is 3. The summed E-state index contributed by atoms with van der Waals surface area (Å²) in [5.41, 5.74) is 0.656. The molecule has 15 heavy (non-hydrogen) atoms. The Morgan fingerprint density at radius 2 is 2.07 bits per heavy atom. The zero-order valence-corrected chi connectivity index (χ0v) is 9.03. The molecule has 1 N–H and O–H groups in total. The van der Waals surface area contributed by atoms with Crippen LogP contribution in [0.15, 0.2) is 11.6 Å². The van der Waals surface area contributed by atoms with Gasteiger partial charge in [0.05, 0.1) is 0 Å². The molecule has 0 radical (unpaired) electrons. The van der Waals surface area contributed by atoms with Crippen molar-refractivity contribution < 1.29 is 14.4 Å². The predicted molar refractivity (Wildman–Crippen MR) is 53.8 cm³/mol. The second-order valence-electron chi connectivity index (χ2n) is 3.34. The van der Waals surface area contributed by atoms with E-state index in [0.717, 1.165) is 4.90 Å². The summed E-state index contributed by atoms with van der Waals surface area (Å²) < 4.78 is 0. The molecule has 1 aliphatic heterocycles. The number of rotatable bonds is 2. The van der Waals surface area contributed by atoms with Crippen molar-refractivity contribution in [3.8, 4) is 0 Å². The Labute approximate surface area is 88.1 Å². The molecule has 4 amide bonds. The van der Waals surface area contributed by atoms with Crippen LogP contribution in [0.25, 0.3) is 0 Å². The Balaban J connectivity index is 3.03. The fourth-order valence-corrected chi connectivity index (χ4v) is 1.48. The Bertz CT molecular complexity index is 347. The van der Waals surface area contributed by atoms with Gasteiger partial charge >= 0.3 is 6.03 Å². The minimum absolute atomic E-state index is 0.269. The van der Waals surface area contributed by atoms with Crippen LogP contribution < -0.4 is 5.32 Å². The van der Waals surface area contributed by atoms with E-state index in [4.69, 9.17) is 0 Å². The molecule has 82 valence electrons. The standard InChI is InChI=1S/C10H14N2O3/c1-4-6(3)7-8(13)11-10(15)12(5-2)9(7)14/h4,7H,5H2,1-3H3,(H,11,13,15)/b6-4+. The lowest BCUT2D eigenvalue weighted by Gasteiger charge is -2.29. The second kappa shape index (κ2) is 4.25. The van der Waals surface area contributed by atoms with Crippen LogP contribution in [0, 0.1) is 5.92 Å². The first-order valence-electron chi connectivity index (χ1n) is 4.81. The van der Waals surface area contributed by atoms with Gasteiger partial charge < -0.3 is 0 Å². The van der Waals surface area contributed by atoms with Gasteiger partial charge in [0.15, 0.2) is 0 Å². The summed E-state index contributed by atoms with van der Waals surface area (Å²) in [6, 6.07) is -0.632. The lowest BCUT2D eigenvalue weighted by atomic mass is 9.96. The first-order chi connectivity index (χ1) is 7.02. The third kappa shape index (κ3) is 1.91. The average molecular weight is 210 g/mol. The molecule has 5 nitrogen and oxygen atoms in total. The first kappa shape index (κ1) is 11.4.